The Labute approximate surface area is 154 Å². The number of aliphatic imine (C=N–C) groups is 2. The molecule has 0 amide bonds. The van der Waals surface area contributed by atoms with Gasteiger partial charge in [0, 0.05) is 30.7 Å². The first-order valence-corrected chi connectivity index (χ1v) is 9.68. The summed E-state index contributed by atoms with van der Waals surface area (Å²) in [7, 11) is 4.00. The van der Waals surface area contributed by atoms with E-state index in [2.05, 4.69) is 46.1 Å². The van der Waals surface area contributed by atoms with E-state index in [1.165, 1.54) is 4.88 Å². The maximum Gasteiger partial charge on any atom is 0.251 e. The Hall–Kier alpha value is -2.19. The second-order valence-corrected chi connectivity index (χ2v) is 7.80. The third-order valence-electron chi connectivity index (χ3n) is 3.77. The molecule has 3 aromatic heterocycles. The van der Waals surface area contributed by atoms with E-state index in [-0.39, 0.29) is 6.04 Å². The summed E-state index contributed by atoms with van der Waals surface area (Å²) in [5.74, 6) is 1.63. The van der Waals surface area contributed by atoms with Crippen molar-refractivity contribution >= 4 is 40.0 Å². The topological polar surface area (TPSA) is 57.5 Å². The van der Waals surface area contributed by atoms with E-state index in [0.717, 1.165) is 27.8 Å². The Kier molecular flexibility index (Phi) is 4.54. The Morgan fingerprint density at radius 1 is 1.04 bits per heavy atom. The van der Waals surface area contributed by atoms with E-state index in [9.17, 15) is 0 Å². The van der Waals surface area contributed by atoms with Crippen LogP contribution < -0.4 is 5.43 Å². The third-order valence-corrected chi connectivity index (χ3v) is 5.57. The smallest absolute Gasteiger partial charge is 0.251 e. The van der Waals surface area contributed by atoms with E-state index in [0.29, 0.717) is 0 Å². The van der Waals surface area contributed by atoms with E-state index < -0.39 is 0 Å². The number of nitrogens with zero attached hydrogens (tertiary/aromatic N) is 4. The van der Waals surface area contributed by atoms with Gasteiger partial charge in [0.15, 0.2) is 11.9 Å². The molecule has 0 fully saturated rings. The first kappa shape index (κ1) is 16.3. The van der Waals surface area contributed by atoms with Gasteiger partial charge in [0.2, 0.25) is 0 Å². The van der Waals surface area contributed by atoms with E-state index in [1.54, 1.807) is 28.9 Å². The molecule has 0 saturated carbocycles. The standard InChI is InChI=1S/C18H17N5S2/c1-23(2)22-18-16(14-8-5-11-25-14)20-15(13-7-4-10-24-13)12-6-3-9-19-17(12)21-18/h3-11,16H,1-2H3,(H,19,21,22)/p+1. The average molecular weight is 369 g/mol. The van der Waals surface area contributed by atoms with Gasteiger partial charge in [-0.3, -0.25) is 4.99 Å². The van der Waals surface area contributed by atoms with Gasteiger partial charge in [0.05, 0.1) is 10.6 Å². The maximum absolute atomic E-state index is 5.15. The molecule has 7 heteroatoms. The molecule has 5 nitrogen and oxygen atoms in total. The summed E-state index contributed by atoms with van der Waals surface area (Å²) in [6.45, 7) is 0. The van der Waals surface area contributed by atoms with Gasteiger partial charge in [-0.05, 0) is 35.0 Å². The highest BCUT2D eigenvalue weighted by Gasteiger charge is 2.29. The van der Waals surface area contributed by atoms with Crippen molar-refractivity contribution in [3.8, 4) is 0 Å². The van der Waals surface area contributed by atoms with Gasteiger partial charge in [-0.15, -0.1) is 22.7 Å². The molecule has 1 unspecified atom stereocenters. The molecule has 126 valence electrons. The highest BCUT2D eigenvalue weighted by atomic mass is 32.1. The molecule has 0 bridgehead atoms. The number of amidine groups is 1. The SMILES string of the molecule is CN(C)[NH2+]C1=Nc2ncccc2C(c2cccs2)=NC1c1cccs1. The van der Waals surface area contributed by atoms with Crippen molar-refractivity contribution < 1.29 is 5.43 Å². The Balaban J connectivity index is 1.93. The Bertz CT molecular complexity index is 911. The van der Waals surface area contributed by atoms with Gasteiger partial charge in [0.1, 0.15) is 0 Å². The molecule has 0 spiro atoms. The molecular formula is C18H18N5S2+. The Morgan fingerprint density at radius 3 is 2.60 bits per heavy atom. The molecule has 1 aliphatic rings. The fourth-order valence-electron chi connectivity index (χ4n) is 2.75. The summed E-state index contributed by atoms with van der Waals surface area (Å²) < 4.78 is 0. The van der Waals surface area contributed by atoms with E-state index in [4.69, 9.17) is 9.98 Å². The highest BCUT2D eigenvalue weighted by molar-refractivity contribution is 7.12. The monoisotopic (exact) mass is 368 g/mol. The molecule has 3 aromatic rings. The van der Waals surface area contributed by atoms with Crippen molar-refractivity contribution in [3.05, 3.63) is 68.7 Å². The molecule has 1 atom stereocenters. The van der Waals surface area contributed by atoms with Crippen molar-refractivity contribution in [1.82, 2.24) is 9.99 Å². The zero-order chi connectivity index (χ0) is 17.2. The van der Waals surface area contributed by atoms with Crippen molar-refractivity contribution in [2.45, 2.75) is 6.04 Å². The molecule has 0 saturated heterocycles. The molecule has 4 rings (SSSR count). The molecule has 0 radical (unpaired) electrons. The van der Waals surface area contributed by atoms with Gasteiger partial charge in [-0.1, -0.05) is 12.1 Å². The largest absolute Gasteiger partial charge is 0.262 e. The fourth-order valence-corrected chi connectivity index (χ4v) is 4.26. The van der Waals surface area contributed by atoms with Crippen LogP contribution in [0.15, 0.2) is 63.3 Å². The number of thiophene rings is 2. The molecule has 0 aliphatic carbocycles. The van der Waals surface area contributed by atoms with Crippen LogP contribution in [0.4, 0.5) is 5.82 Å². The summed E-state index contributed by atoms with van der Waals surface area (Å²) in [5, 5.41) is 6.17. The van der Waals surface area contributed by atoms with Gasteiger partial charge < -0.3 is 0 Å². The van der Waals surface area contributed by atoms with Gasteiger partial charge >= 0.3 is 0 Å². The molecule has 1 aliphatic heterocycles. The van der Waals surface area contributed by atoms with Gasteiger partial charge in [0.25, 0.3) is 5.84 Å². The lowest BCUT2D eigenvalue weighted by Crippen LogP contribution is -2.95. The van der Waals surface area contributed by atoms with E-state index in [1.807, 2.05) is 30.6 Å². The van der Waals surface area contributed by atoms with Crippen molar-refractivity contribution in [1.29, 1.82) is 0 Å². The van der Waals surface area contributed by atoms with Crippen LogP contribution in [0.5, 0.6) is 0 Å². The van der Waals surface area contributed by atoms with Crippen LogP contribution in [0.1, 0.15) is 21.4 Å². The first-order valence-electron chi connectivity index (χ1n) is 7.93. The number of rotatable bonds is 3. The van der Waals surface area contributed by atoms with Gasteiger partial charge in [-0.2, -0.15) is 10.0 Å². The van der Waals surface area contributed by atoms with E-state index >= 15 is 0 Å². The predicted molar refractivity (Wildman–Crippen MR) is 104 cm³/mol. The maximum atomic E-state index is 5.15. The lowest BCUT2D eigenvalue weighted by Gasteiger charge is -2.14. The van der Waals surface area contributed by atoms with Crippen LogP contribution >= 0.6 is 22.7 Å². The minimum atomic E-state index is -0.131. The number of pyridine rings is 1. The number of fused-ring (bicyclic) bond motifs is 1. The number of hydrogen-bond acceptors (Lipinski definition) is 6. The van der Waals surface area contributed by atoms with Crippen LogP contribution in [0.2, 0.25) is 0 Å². The predicted octanol–water partition coefficient (Wildman–Crippen LogP) is 2.87. The molecule has 0 aromatic carbocycles. The molecular weight excluding hydrogens is 350 g/mol. The molecule has 25 heavy (non-hydrogen) atoms. The zero-order valence-corrected chi connectivity index (χ0v) is 15.6. The first-order chi connectivity index (χ1) is 12.2. The summed E-state index contributed by atoms with van der Waals surface area (Å²) >= 11 is 3.39. The lowest BCUT2D eigenvalue weighted by atomic mass is 10.1. The van der Waals surface area contributed by atoms with Crippen LogP contribution in [-0.2, 0) is 0 Å². The number of hydrogen-bond donors (Lipinski definition) is 1. The van der Waals surface area contributed by atoms with Crippen molar-refractivity contribution in [2.75, 3.05) is 14.1 Å². The summed E-state index contributed by atoms with van der Waals surface area (Å²) in [5.41, 5.74) is 3.97. The second-order valence-electron chi connectivity index (χ2n) is 5.88. The Morgan fingerprint density at radius 2 is 1.88 bits per heavy atom. The average Bonchev–Trinajstić information content (AvgIpc) is 3.27. The van der Waals surface area contributed by atoms with Gasteiger partial charge in [-0.25, -0.2) is 10.4 Å². The quantitative estimate of drug-likeness (QED) is 0.571. The van der Waals surface area contributed by atoms with Crippen molar-refractivity contribution in [2.24, 2.45) is 9.98 Å². The minimum Gasteiger partial charge on any atom is -0.262 e. The number of aromatic nitrogens is 1. The third kappa shape index (κ3) is 3.32. The van der Waals surface area contributed by atoms with Crippen LogP contribution in [0.25, 0.3) is 0 Å². The molecule has 2 N–H and O–H groups in total. The second kappa shape index (κ2) is 6.97. The van der Waals surface area contributed by atoms with Crippen LogP contribution in [-0.4, -0.2) is 35.6 Å². The summed E-state index contributed by atoms with van der Waals surface area (Å²) in [4.78, 5) is 16.9. The minimum absolute atomic E-state index is 0.131. The normalized spacial score (nSPS) is 17.0. The van der Waals surface area contributed by atoms with Crippen LogP contribution in [0, 0.1) is 0 Å². The number of nitrogens with two attached hydrogens (primary N) is 1. The molecule has 4 heterocycles. The number of quaternary nitrogens is 1. The summed E-state index contributed by atoms with van der Waals surface area (Å²) in [6, 6.07) is 12.2. The zero-order valence-electron chi connectivity index (χ0n) is 14.0. The van der Waals surface area contributed by atoms with Crippen LogP contribution in [0.3, 0.4) is 0 Å². The summed E-state index contributed by atoms with van der Waals surface area (Å²) in [6.07, 6.45) is 1.78. The van der Waals surface area contributed by atoms with Crippen molar-refractivity contribution in [3.63, 3.8) is 0 Å². The fraction of sp³-hybridized carbons (Fsp3) is 0.167. The highest BCUT2D eigenvalue weighted by Crippen LogP contribution is 2.32. The lowest BCUT2D eigenvalue weighted by molar-refractivity contribution is -0.702.